The normalized spacial score (nSPS) is 22.2. The number of nitrogens with one attached hydrogen (secondary N) is 2. The summed E-state index contributed by atoms with van der Waals surface area (Å²) < 4.78 is 0. The molecule has 1 aliphatic rings. The summed E-state index contributed by atoms with van der Waals surface area (Å²) in [5.41, 5.74) is 0. The molecule has 1 rings (SSSR count). The van der Waals surface area contributed by atoms with Crippen molar-refractivity contribution in [1.82, 2.24) is 9.96 Å². The van der Waals surface area contributed by atoms with E-state index in [0.717, 1.165) is 13.1 Å². The summed E-state index contributed by atoms with van der Waals surface area (Å²) in [6, 6.07) is 2.88. The molecule has 0 atom stereocenters. The van der Waals surface area contributed by atoms with Crippen LogP contribution in [0.25, 0.3) is 0 Å². The third-order valence-electron chi connectivity index (χ3n) is 2.24. The molecule has 1 saturated heterocycles. The van der Waals surface area contributed by atoms with E-state index in [0.29, 0.717) is 0 Å². The molecule has 0 amide bonds. The van der Waals surface area contributed by atoms with Gasteiger partial charge >= 0.3 is 0 Å². The lowest BCUT2D eigenvalue weighted by Crippen LogP contribution is -2.66. The molecule has 2 nitrogen and oxygen atoms in total. The fourth-order valence-electron chi connectivity index (χ4n) is 1.62. The largest absolute Gasteiger partial charge is 0.326 e. The van der Waals surface area contributed by atoms with Crippen LogP contribution < -0.4 is 9.96 Å². The fourth-order valence-corrected chi connectivity index (χ4v) is 4.87. The molecule has 60 valence electrons. The first kappa shape index (κ1) is 8.24. The van der Waals surface area contributed by atoms with Gasteiger partial charge in [0, 0.05) is 0 Å². The van der Waals surface area contributed by atoms with Gasteiger partial charge in [0.25, 0.3) is 0 Å². The van der Waals surface area contributed by atoms with Crippen LogP contribution in [0.3, 0.4) is 0 Å². The molecule has 0 bridgehead atoms. The molecule has 0 aliphatic carbocycles. The van der Waals surface area contributed by atoms with E-state index in [1.54, 1.807) is 0 Å². The highest BCUT2D eigenvalue weighted by Crippen LogP contribution is 2.26. The van der Waals surface area contributed by atoms with E-state index in [9.17, 15) is 0 Å². The van der Waals surface area contributed by atoms with E-state index in [4.69, 9.17) is 0 Å². The minimum atomic E-state index is -1.04. The van der Waals surface area contributed by atoms with Crippen LogP contribution in [0.4, 0.5) is 0 Å². The third kappa shape index (κ3) is 1.59. The van der Waals surface area contributed by atoms with Crippen LogP contribution in [0.1, 0.15) is 20.3 Å². The van der Waals surface area contributed by atoms with Crippen molar-refractivity contribution in [3.63, 3.8) is 0 Å². The van der Waals surface area contributed by atoms with Gasteiger partial charge in [0.05, 0.1) is 0 Å². The smallest absolute Gasteiger partial charge is 0.201 e. The lowest BCUT2D eigenvalue weighted by atomic mass is 10.5. The Hall–Kier alpha value is 0.137. The van der Waals surface area contributed by atoms with E-state index >= 15 is 0 Å². The number of rotatable bonds is 4. The van der Waals surface area contributed by atoms with Crippen molar-refractivity contribution in [1.29, 1.82) is 0 Å². The van der Waals surface area contributed by atoms with E-state index in [2.05, 4.69) is 23.8 Å². The summed E-state index contributed by atoms with van der Waals surface area (Å²) >= 11 is 0. The van der Waals surface area contributed by atoms with Crippen LogP contribution in [0.5, 0.6) is 0 Å². The zero-order chi connectivity index (χ0) is 7.45. The van der Waals surface area contributed by atoms with E-state index in [1.807, 2.05) is 0 Å². The summed E-state index contributed by atoms with van der Waals surface area (Å²) in [5, 5.41) is 0. The summed E-state index contributed by atoms with van der Waals surface area (Å²) in [7, 11) is -1.04. The van der Waals surface area contributed by atoms with Gasteiger partial charge in [-0.3, -0.25) is 0 Å². The zero-order valence-corrected chi connectivity index (χ0v) is 8.04. The van der Waals surface area contributed by atoms with Crippen molar-refractivity contribution in [2.24, 2.45) is 0 Å². The van der Waals surface area contributed by atoms with E-state index in [-0.39, 0.29) is 0 Å². The molecule has 0 aromatic heterocycles. The second kappa shape index (κ2) is 3.51. The molecule has 0 aromatic rings. The topological polar surface area (TPSA) is 24.1 Å². The first-order valence-electron chi connectivity index (χ1n) is 4.33. The van der Waals surface area contributed by atoms with Crippen LogP contribution in [0.15, 0.2) is 0 Å². The minimum absolute atomic E-state index is 1.04. The highest BCUT2D eigenvalue weighted by atomic mass is 28.3. The van der Waals surface area contributed by atoms with Crippen molar-refractivity contribution >= 4 is 8.40 Å². The summed E-state index contributed by atoms with van der Waals surface area (Å²) in [5.74, 6) is 0. The molecule has 3 heteroatoms. The van der Waals surface area contributed by atoms with Gasteiger partial charge in [-0.25, -0.2) is 0 Å². The van der Waals surface area contributed by atoms with Gasteiger partial charge in [-0.15, -0.1) is 0 Å². The molecule has 1 fully saturated rings. The van der Waals surface area contributed by atoms with Gasteiger partial charge in [-0.1, -0.05) is 20.3 Å². The van der Waals surface area contributed by atoms with Gasteiger partial charge in [0.1, 0.15) is 0 Å². The lowest BCUT2D eigenvalue weighted by molar-refractivity contribution is 0.730. The van der Waals surface area contributed by atoms with Crippen LogP contribution in [-0.4, -0.2) is 21.5 Å². The first-order valence-corrected chi connectivity index (χ1v) is 6.74. The van der Waals surface area contributed by atoms with Gasteiger partial charge in [-0.2, -0.15) is 0 Å². The second-order valence-electron chi connectivity index (χ2n) is 3.00. The highest BCUT2D eigenvalue weighted by Gasteiger charge is 2.38. The summed E-state index contributed by atoms with van der Waals surface area (Å²) in [4.78, 5) is 7.25. The molecule has 1 aliphatic heterocycles. The molecular formula is C7H18N2Si. The van der Waals surface area contributed by atoms with Gasteiger partial charge in [0.2, 0.25) is 8.40 Å². The Morgan fingerprint density at radius 2 is 1.60 bits per heavy atom. The average molecular weight is 158 g/mol. The van der Waals surface area contributed by atoms with Crippen molar-refractivity contribution in [3.05, 3.63) is 0 Å². The number of hydrogen-bond donors (Lipinski definition) is 2. The average Bonchev–Trinajstić information content (AvgIpc) is 1.84. The Kier molecular flexibility index (Phi) is 2.89. The molecule has 0 unspecified atom stereocenters. The second-order valence-corrected chi connectivity index (χ2v) is 6.87. The molecule has 0 radical (unpaired) electrons. The molecule has 0 saturated carbocycles. The molecule has 10 heavy (non-hydrogen) atoms. The Bertz CT molecular complexity index is 93.8. The summed E-state index contributed by atoms with van der Waals surface area (Å²) in [6.07, 6.45) is 1.44. The lowest BCUT2D eigenvalue weighted by Gasteiger charge is -2.40. The van der Waals surface area contributed by atoms with E-state index in [1.165, 1.54) is 18.5 Å². The maximum Gasteiger partial charge on any atom is 0.201 e. The third-order valence-corrected chi connectivity index (χ3v) is 6.71. The van der Waals surface area contributed by atoms with Crippen LogP contribution in [0.2, 0.25) is 12.1 Å². The van der Waals surface area contributed by atoms with Crippen molar-refractivity contribution in [3.8, 4) is 0 Å². The van der Waals surface area contributed by atoms with Crippen LogP contribution >= 0.6 is 0 Å². The zero-order valence-electron chi connectivity index (χ0n) is 7.04. The van der Waals surface area contributed by atoms with Gasteiger partial charge < -0.3 is 9.96 Å². The Morgan fingerprint density at radius 1 is 1.10 bits per heavy atom. The molecule has 2 N–H and O–H groups in total. The summed E-state index contributed by atoms with van der Waals surface area (Å²) in [6.45, 7) is 6.67. The Labute approximate surface area is 64.6 Å². The van der Waals surface area contributed by atoms with Gasteiger partial charge in [-0.05, 0) is 25.2 Å². The van der Waals surface area contributed by atoms with Crippen molar-refractivity contribution in [2.75, 3.05) is 13.1 Å². The monoisotopic (exact) mass is 158 g/mol. The Morgan fingerprint density at radius 3 is 1.80 bits per heavy atom. The molecular weight excluding hydrogens is 140 g/mol. The molecule has 0 aromatic carbocycles. The quantitative estimate of drug-likeness (QED) is 0.598. The van der Waals surface area contributed by atoms with Gasteiger partial charge in [0.15, 0.2) is 0 Å². The highest BCUT2D eigenvalue weighted by molar-refractivity contribution is 6.77. The minimum Gasteiger partial charge on any atom is -0.326 e. The van der Waals surface area contributed by atoms with Crippen LogP contribution in [-0.2, 0) is 0 Å². The maximum absolute atomic E-state index is 3.62. The van der Waals surface area contributed by atoms with Crippen molar-refractivity contribution < 1.29 is 0 Å². The Balaban J connectivity index is 2.27. The SMILES string of the molecule is CCN[Si]1(NCC)CCC1. The fraction of sp³-hybridized carbons (Fsp3) is 1.00. The predicted molar refractivity (Wildman–Crippen MR) is 47.3 cm³/mol. The molecule has 0 spiro atoms. The maximum atomic E-state index is 3.62. The molecule has 1 heterocycles. The van der Waals surface area contributed by atoms with Crippen LogP contribution in [0, 0.1) is 0 Å². The standard InChI is InChI=1S/C7H18N2Si/c1-3-8-10(9-4-2)6-5-7-10/h8-9H,3-7H2,1-2H3. The first-order chi connectivity index (χ1) is 4.83. The predicted octanol–water partition coefficient (Wildman–Crippen LogP) is 1.05. The van der Waals surface area contributed by atoms with E-state index < -0.39 is 8.40 Å². The van der Waals surface area contributed by atoms with Crippen molar-refractivity contribution in [2.45, 2.75) is 32.4 Å². The number of hydrogen-bond acceptors (Lipinski definition) is 2.